The zero-order valence-electron chi connectivity index (χ0n) is 15.3. The summed E-state index contributed by atoms with van der Waals surface area (Å²) in [6.45, 7) is 0.768. The maximum absolute atomic E-state index is 12.5. The SMILES string of the molecule is CN(C)CCc1ncnc(NNC(=O)[C@@H](CN(O)C=O)C2CCCC2)n1. The Morgan fingerprint density at radius 2 is 2.12 bits per heavy atom. The van der Waals surface area contributed by atoms with E-state index in [4.69, 9.17) is 0 Å². The Morgan fingerprint density at radius 1 is 1.38 bits per heavy atom. The quantitative estimate of drug-likeness (QED) is 0.302. The minimum Gasteiger partial charge on any atom is -0.309 e. The lowest BCUT2D eigenvalue weighted by atomic mass is 9.90. The number of hydrogen-bond acceptors (Lipinski definition) is 8. The zero-order chi connectivity index (χ0) is 18.9. The summed E-state index contributed by atoms with van der Waals surface area (Å²) < 4.78 is 0. The van der Waals surface area contributed by atoms with Gasteiger partial charge in [-0.15, -0.1) is 0 Å². The van der Waals surface area contributed by atoms with E-state index in [0.29, 0.717) is 23.7 Å². The van der Waals surface area contributed by atoms with Crippen LogP contribution in [0.4, 0.5) is 5.95 Å². The van der Waals surface area contributed by atoms with E-state index in [9.17, 15) is 14.8 Å². The highest BCUT2D eigenvalue weighted by atomic mass is 16.5. The molecule has 2 amide bonds. The number of nitrogens with one attached hydrogen (secondary N) is 2. The van der Waals surface area contributed by atoms with Gasteiger partial charge in [0.25, 0.3) is 0 Å². The molecule has 0 bridgehead atoms. The minimum absolute atomic E-state index is 0.0348. The molecule has 1 heterocycles. The predicted molar refractivity (Wildman–Crippen MR) is 93.9 cm³/mol. The minimum atomic E-state index is -0.491. The number of hydrogen-bond donors (Lipinski definition) is 3. The van der Waals surface area contributed by atoms with Gasteiger partial charge in [-0.25, -0.2) is 10.0 Å². The first-order valence-electron chi connectivity index (χ1n) is 8.79. The molecule has 1 aliphatic rings. The van der Waals surface area contributed by atoms with E-state index in [2.05, 4.69) is 25.8 Å². The Balaban J connectivity index is 1.93. The molecule has 2 rings (SSSR count). The van der Waals surface area contributed by atoms with Crippen molar-refractivity contribution in [3.8, 4) is 0 Å². The lowest BCUT2D eigenvalue weighted by Crippen LogP contribution is -2.43. The van der Waals surface area contributed by atoms with Crippen LogP contribution in [-0.2, 0) is 16.0 Å². The third kappa shape index (κ3) is 6.19. The molecule has 0 radical (unpaired) electrons. The van der Waals surface area contributed by atoms with Crippen LogP contribution in [0.1, 0.15) is 31.5 Å². The highest BCUT2D eigenvalue weighted by Crippen LogP contribution is 2.31. The first-order valence-corrected chi connectivity index (χ1v) is 8.79. The molecule has 0 aliphatic heterocycles. The van der Waals surface area contributed by atoms with Crippen molar-refractivity contribution in [3.63, 3.8) is 0 Å². The fourth-order valence-electron chi connectivity index (χ4n) is 3.10. The van der Waals surface area contributed by atoms with E-state index in [1.54, 1.807) is 0 Å². The Kier molecular flexibility index (Phi) is 7.67. The molecule has 1 aromatic rings. The van der Waals surface area contributed by atoms with Gasteiger partial charge in [-0.2, -0.15) is 9.97 Å². The molecule has 3 N–H and O–H groups in total. The Bertz CT molecular complexity index is 593. The second-order valence-corrected chi connectivity index (χ2v) is 6.77. The van der Waals surface area contributed by atoms with Crippen molar-refractivity contribution in [2.75, 3.05) is 32.6 Å². The summed E-state index contributed by atoms with van der Waals surface area (Å²) in [6.07, 6.45) is 6.29. The Labute approximate surface area is 152 Å². The van der Waals surface area contributed by atoms with Gasteiger partial charge >= 0.3 is 0 Å². The van der Waals surface area contributed by atoms with Crippen LogP contribution >= 0.6 is 0 Å². The molecule has 10 heteroatoms. The number of anilines is 1. The number of carbonyl (C=O) groups excluding carboxylic acids is 2. The first kappa shape index (κ1) is 20.0. The molecule has 26 heavy (non-hydrogen) atoms. The van der Waals surface area contributed by atoms with Crippen LogP contribution in [0.15, 0.2) is 6.33 Å². The summed E-state index contributed by atoms with van der Waals surface area (Å²) in [4.78, 5) is 37.6. The number of hydrazine groups is 1. The van der Waals surface area contributed by atoms with Crippen LogP contribution < -0.4 is 10.9 Å². The van der Waals surface area contributed by atoms with Crippen molar-refractivity contribution < 1.29 is 14.8 Å². The van der Waals surface area contributed by atoms with Gasteiger partial charge in [-0.3, -0.25) is 25.6 Å². The van der Waals surface area contributed by atoms with Gasteiger partial charge in [0.15, 0.2) is 0 Å². The van der Waals surface area contributed by atoms with Crippen LogP contribution in [0.25, 0.3) is 0 Å². The molecule has 144 valence electrons. The van der Waals surface area contributed by atoms with Crippen LogP contribution in [-0.4, -0.2) is 69.6 Å². The Morgan fingerprint density at radius 3 is 2.77 bits per heavy atom. The van der Waals surface area contributed by atoms with Crippen molar-refractivity contribution in [1.82, 2.24) is 30.3 Å². The zero-order valence-corrected chi connectivity index (χ0v) is 15.3. The number of aromatic nitrogens is 3. The average molecular weight is 365 g/mol. The summed E-state index contributed by atoms with van der Waals surface area (Å²) in [5, 5.41) is 10.0. The molecular formula is C16H27N7O3. The highest BCUT2D eigenvalue weighted by Gasteiger charge is 2.32. The van der Waals surface area contributed by atoms with Crippen molar-refractivity contribution in [2.24, 2.45) is 11.8 Å². The standard InChI is InChI=1S/C16H27N7O3/c1-22(2)8-7-14-17-10-18-16(19-14)21-20-15(25)13(9-23(26)11-24)12-5-3-4-6-12/h10-13,26H,3-9H2,1-2H3,(H,20,25)(H,17,18,19,21)/t13-/m0/s1. The summed E-state index contributed by atoms with van der Waals surface area (Å²) in [5.74, 6) is 0.229. The Hall–Kier alpha value is -2.33. The molecule has 10 nitrogen and oxygen atoms in total. The number of likely N-dealkylation sites (N-methyl/N-ethyl adjacent to an activating group) is 1. The molecule has 1 aromatic heterocycles. The number of nitrogens with zero attached hydrogens (tertiary/aromatic N) is 5. The van der Waals surface area contributed by atoms with Gasteiger partial charge in [0, 0.05) is 13.0 Å². The molecule has 0 spiro atoms. The molecular weight excluding hydrogens is 338 g/mol. The van der Waals surface area contributed by atoms with Crippen LogP contribution in [0, 0.1) is 11.8 Å². The molecule has 1 fully saturated rings. The third-order valence-electron chi connectivity index (χ3n) is 4.51. The largest absolute Gasteiger partial charge is 0.309 e. The molecule has 0 aromatic carbocycles. The maximum atomic E-state index is 12.5. The van der Waals surface area contributed by atoms with Crippen molar-refractivity contribution >= 4 is 18.3 Å². The van der Waals surface area contributed by atoms with Gasteiger partial charge in [-0.1, -0.05) is 12.8 Å². The lowest BCUT2D eigenvalue weighted by Gasteiger charge is -2.24. The summed E-state index contributed by atoms with van der Waals surface area (Å²) in [6, 6.07) is 0. The maximum Gasteiger partial charge on any atom is 0.245 e. The van der Waals surface area contributed by atoms with Gasteiger partial charge in [0.05, 0.1) is 12.5 Å². The topological polar surface area (TPSA) is 124 Å². The van der Waals surface area contributed by atoms with Crippen molar-refractivity contribution in [2.45, 2.75) is 32.1 Å². The number of carbonyl (C=O) groups is 2. The monoisotopic (exact) mass is 365 g/mol. The molecule has 1 aliphatic carbocycles. The van der Waals surface area contributed by atoms with E-state index < -0.39 is 5.92 Å². The smallest absolute Gasteiger partial charge is 0.245 e. The fraction of sp³-hybridized carbons (Fsp3) is 0.688. The van der Waals surface area contributed by atoms with E-state index in [-0.39, 0.29) is 24.3 Å². The highest BCUT2D eigenvalue weighted by molar-refractivity contribution is 5.80. The second kappa shape index (κ2) is 9.97. The second-order valence-electron chi connectivity index (χ2n) is 6.77. The van der Waals surface area contributed by atoms with Crippen LogP contribution in [0.5, 0.6) is 0 Å². The lowest BCUT2D eigenvalue weighted by molar-refractivity contribution is -0.156. The van der Waals surface area contributed by atoms with Gasteiger partial charge in [0.2, 0.25) is 18.3 Å². The first-order chi connectivity index (χ1) is 12.5. The number of amides is 2. The number of rotatable bonds is 10. The van der Waals surface area contributed by atoms with Crippen molar-refractivity contribution in [1.29, 1.82) is 0 Å². The molecule has 0 unspecified atom stereocenters. The fourth-order valence-corrected chi connectivity index (χ4v) is 3.10. The van der Waals surface area contributed by atoms with Crippen molar-refractivity contribution in [3.05, 3.63) is 12.2 Å². The van der Waals surface area contributed by atoms with Gasteiger partial charge < -0.3 is 4.90 Å². The predicted octanol–water partition coefficient (Wildman–Crippen LogP) is 0.0728. The van der Waals surface area contributed by atoms with Gasteiger partial charge in [-0.05, 0) is 32.9 Å². The molecule has 0 saturated heterocycles. The van der Waals surface area contributed by atoms with E-state index >= 15 is 0 Å². The summed E-state index contributed by atoms with van der Waals surface area (Å²) >= 11 is 0. The molecule has 1 atom stereocenters. The molecule has 1 saturated carbocycles. The van der Waals surface area contributed by atoms with E-state index in [1.165, 1.54) is 6.33 Å². The summed E-state index contributed by atoms with van der Waals surface area (Å²) in [7, 11) is 3.93. The van der Waals surface area contributed by atoms with Crippen LogP contribution in [0.2, 0.25) is 0 Å². The van der Waals surface area contributed by atoms with Gasteiger partial charge in [0.1, 0.15) is 12.2 Å². The summed E-state index contributed by atoms with van der Waals surface area (Å²) in [5.41, 5.74) is 5.30. The average Bonchev–Trinajstić information content (AvgIpc) is 3.17. The van der Waals surface area contributed by atoms with E-state index in [1.807, 2.05) is 19.0 Å². The third-order valence-corrected chi connectivity index (χ3v) is 4.51. The normalized spacial score (nSPS) is 15.7. The number of hydroxylamine groups is 2. The van der Waals surface area contributed by atoms with E-state index in [0.717, 1.165) is 32.2 Å². The van der Waals surface area contributed by atoms with Crippen LogP contribution in [0.3, 0.4) is 0 Å².